The van der Waals surface area contributed by atoms with Gasteiger partial charge in [0.25, 0.3) is 0 Å². The first kappa shape index (κ1) is 11.7. The zero-order valence-corrected chi connectivity index (χ0v) is 12.9. The molecular formula is C5H6Cl2HgO3. The van der Waals surface area contributed by atoms with Crippen LogP contribution in [0.2, 0.25) is 0 Å². The Balaban J connectivity index is 4.50. The molecule has 0 aliphatic rings. The second-order valence-electron chi connectivity index (χ2n) is 1.67. The number of methoxy groups -OCH3 is 1. The molecule has 0 rings (SSSR count). The Morgan fingerprint density at radius 2 is 2.27 bits per heavy atom. The van der Waals surface area contributed by atoms with E-state index >= 15 is 0 Å². The van der Waals surface area contributed by atoms with Gasteiger partial charge in [-0.05, 0) is 0 Å². The summed E-state index contributed by atoms with van der Waals surface area (Å²) in [5, 5.41) is 8.68. The van der Waals surface area contributed by atoms with Gasteiger partial charge in [-0.2, -0.15) is 0 Å². The van der Waals surface area contributed by atoms with E-state index in [0.717, 1.165) is 0 Å². The van der Waals surface area contributed by atoms with Crippen molar-refractivity contribution >= 4 is 25.8 Å². The maximum atomic E-state index is 10.8. The quantitative estimate of drug-likeness (QED) is 0.445. The van der Waals surface area contributed by atoms with Crippen molar-refractivity contribution in [1.29, 1.82) is 0 Å². The minimum absolute atomic E-state index is 0.119. The van der Waals surface area contributed by atoms with Crippen LogP contribution in [-0.4, -0.2) is 24.8 Å². The third-order valence-corrected chi connectivity index (χ3v) is 8.42. The van der Waals surface area contributed by atoms with Crippen LogP contribution in [-0.2, 0) is 32.9 Å². The molecule has 0 aromatic heterocycles. The molecule has 0 spiro atoms. The van der Waals surface area contributed by atoms with Crippen molar-refractivity contribution in [2.24, 2.45) is 0 Å². The topological polar surface area (TPSA) is 46.5 Å². The van der Waals surface area contributed by atoms with Crippen molar-refractivity contribution in [2.75, 3.05) is 13.7 Å². The number of esters is 1. The number of hydrogen-bond acceptors (Lipinski definition) is 3. The van der Waals surface area contributed by atoms with Crippen LogP contribution in [0.1, 0.15) is 0 Å². The molecular weight excluding hydrogens is 380 g/mol. The molecule has 0 aliphatic heterocycles. The van der Waals surface area contributed by atoms with E-state index in [9.17, 15) is 4.79 Å². The van der Waals surface area contributed by atoms with E-state index in [1.165, 1.54) is 7.11 Å². The molecule has 0 amide bonds. The Bertz CT molecular complexity index is 181. The fourth-order valence-corrected chi connectivity index (χ4v) is 6.08. The minimum atomic E-state index is -1.89. The maximum absolute atomic E-state index is 10.8. The van der Waals surface area contributed by atoms with Crippen molar-refractivity contribution in [1.82, 2.24) is 0 Å². The normalized spacial score (nSPS) is 11.6. The first-order valence-corrected chi connectivity index (χ1v) is 12.7. The summed E-state index contributed by atoms with van der Waals surface area (Å²) in [5.74, 6) is -0.513. The molecule has 0 unspecified atom stereocenters. The summed E-state index contributed by atoms with van der Waals surface area (Å²) >= 11 is 3.62. The second-order valence-corrected chi connectivity index (χ2v) is 8.26. The Hall–Kier alpha value is 0.685. The van der Waals surface area contributed by atoms with E-state index in [1.54, 1.807) is 0 Å². The van der Waals surface area contributed by atoms with Gasteiger partial charge >= 0.3 is 85.6 Å². The fraction of sp³-hybridized carbons (Fsp3) is 0.400. The number of carbonyl (C=O) groups excluding carboxylic acids is 1. The van der Waals surface area contributed by atoms with Gasteiger partial charge in [-0.1, -0.05) is 0 Å². The van der Waals surface area contributed by atoms with E-state index in [2.05, 4.69) is 4.74 Å². The first-order chi connectivity index (χ1) is 5.17. The van der Waals surface area contributed by atoms with Crippen LogP contribution in [0.25, 0.3) is 0 Å². The fourth-order valence-electron chi connectivity index (χ4n) is 0.456. The molecule has 1 N–H and O–H groups in total. The number of ether oxygens (including phenoxy) is 1. The Labute approximate surface area is 85.2 Å². The van der Waals surface area contributed by atoms with E-state index in [-0.39, 0.29) is 11.6 Å². The molecule has 6 heteroatoms. The standard InChI is InChI=1S/C5H6ClO3.ClH.Hg/c1-9-5(8)2-4(6)3-7;;/h7H,3H2,1H3;1H;/q;;+1/p-1. The summed E-state index contributed by atoms with van der Waals surface area (Å²) in [6.45, 7) is -0.349. The third-order valence-electron chi connectivity index (χ3n) is 1.03. The summed E-state index contributed by atoms with van der Waals surface area (Å²) in [6, 6.07) is 0. The van der Waals surface area contributed by atoms with Gasteiger partial charge in [-0.3, -0.25) is 0 Å². The molecule has 0 atom stereocenters. The molecule has 0 saturated carbocycles. The van der Waals surface area contributed by atoms with Gasteiger partial charge < -0.3 is 0 Å². The molecule has 11 heavy (non-hydrogen) atoms. The molecule has 0 saturated heterocycles. The molecule has 3 nitrogen and oxygen atoms in total. The van der Waals surface area contributed by atoms with E-state index in [4.69, 9.17) is 25.0 Å². The average molecular weight is 386 g/mol. The first-order valence-electron chi connectivity index (χ1n) is 2.80. The van der Waals surface area contributed by atoms with E-state index in [0.29, 0.717) is 3.08 Å². The Morgan fingerprint density at radius 3 is 2.55 bits per heavy atom. The van der Waals surface area contributed by atoms with Crippen molar-refractivity contribution in [3.63, 3.8) is 0 Å². The van der Waals surface area contributed by atoms with Crippen LogP contribution >= 0.6 is 19.9 Å². The van der Waals surface area contributed by atoms with Crippen LogP contribution in [0.3, 0.4) is 0 Å². The number of aliphatic hydroxyl groups is 1. The SMILES string of the molecule is COC(=O)/[C]([Hg][Cl])=C(\Cl)CO. The molecule has 0 heterocycles. The van der Waals surface area contributed by atoms with Gasteiger partial charge in [0, 0.05) is 0 Å². The van der Waals surface area contributed by atoms with Crippen LogP contribution in [0.15, 0.2) is 8.11 Å². The molecule has 60 valence electrons. The number of halogens is 2. The predicted molar refractivity (Wildman–Crippen MR) is 37.8 cm³/mol. The molecule has 0 bridgehead atoms. The van der Waals surface area contributed by atoms with Crippen LogP contribution in [0.5, 0.6) is 0 Å². The summed E-state index contributed by atoms with van der Waals surface area (Å²) < 4.78 is 4.72. The van der Waals surface area contributed by atoms with Gasteiger partial charge in [-0.15, -0.1) is 0 Å². The molecule has 0 aromatic rings. The molecule has 0 fully saturated rings. The summed E-state index contributed by atoms with van der Waals surface area (Å²) in [5.41, 5.74) is 0. The van der Waals surface area contributed by atoms with E-state index in [1.807, 2.05) is 0 Å². The van der Waals surface area contributed by atoms with Gasteiger partial charge in [0.1, 0.15) is 0 Å². The summed E-state index contributed by atoms with van der Waals surface area (Å²) in [6.07, 6.45) is 0. The van der Waals surface area contributed by atoms with Gasteiger partial charge in [0.15, 0.2) is 0 Å². The van der Waals surface area contributed by atoms with Crippen molar-refractivity contribution < 1.29 is 38.0 Å². The Kier molecular flexibility index (Phi) is 6.62. The van der Waals surface area contributed by atoms with E-state index < -0.39 is 29.3 Å². The van der Waals surface area contributed by atoms with Crippen LogP contribution < -0.4 is 0 Å². The predicted octanol–water partition coefficient (Wildman–Crippen LogP) is 0.838. The van der Waals surface area contributed by atoms with Crippen molar-refractivity contribution in [3.05, 3.63) is 8.11 Å². The zero-order valence-electron chi connectivity index (χ0n) is 5.93. The second kappa shape index (κ2) is 6.23. The third kappa shape index (κ3) is 3.74. The van der Waals surface area contributed by atoms with Gasteiger partial charge in [0.2, 0.25) is 0 Å². The van der Waals surface area contributed by atoms with Gasteiger partial charge in [-0.25, -0.2) is 0 Å². The summed E-state index contributed by atoms with van der Waals surface area (Å²) in [7, 11) is 6.84. The number of aliphatic hydroxyl groups excluding tert-OH is 1. The number of rotatable bonds is 3. The molecule has 0 aromatic carbocycles. The molecule has 0 aliphatic carbocycles. The zero-order chi connectivity index (χ0) is 8.85. The number of carbonyl (C=O) groups is 1. The van der Waals surface area contributed by atoms with Crippen LogP contribution in [0.4, 0.5) is 0 Å². The average Bonchev–Trinajstić information content (AvgIpc) is 2.05. The van der Waals surface area contributed by atoms with Crippen LogP contribution in [0, 0.1) is 0 Å². The monoisotopic (exact) mass is 386 g/mol. The van der Waals surface area contributed by atoms with Gasteiger partial charge in [0.05, 0.1) is 0 Å². The summed E-state index contributed by atoms with van der Waals surface area (Å²) in [4.78, 5) is 10.8. The van der Waals surface area contributed by atoms with Crippen molar-refractivity contribution in [3.8, 4) is 0 Å². The number of hydrogen-bond donors (Lipinski definition) is 1. The van der Waals surface area contributed by atoms with Crippen molar-refractivity contribution in [2.45, 2.75) is 0 Å². The molecule has 0 radical (unpaired) electrons. The Morgan fingerprint density at radius 1 is 1.73 bits per heavy atom.